The molecule has 0 heterocycles. The summed E-state index contributed by atoms with van der Waals surface area (Å²) in [6.07, 6.45) is 1.04. The normalized spacial score (nSPS) is 12.5. The molecule has 0 aliphatic rings. The average molecular weight is 337 g/mol. The van der Waals surface area contributed by atoms with Crippen LogP contribution in [0.4, 0.5) is 5.69 Å². The fraction of sp³-hybridized carbons (Fsp3) is 0.455. The molecule has 1 aromatic carbocycles. The summed E-state index contributed by atoms with van der Waals surface area (Å²) in [5, 5.41) is 3.43. The van der Waals surface area contributed by atoms with E-state index in [0.717, 1.165) is 27.7 Å². The maximum Gasteiger partial charge on any atom is 0.0663 e. The summed E-state index contributed by atoms with van der Waals surface area (Å²) in [7, 11) is 1.72. The minimum absolute atomic E-state index is 0.354. The fourth-order valence-corrected chi connectivity index (χ4v) is 2.45. The van der Waals surface area contributed by atoms with Crippen LogP contribution in [-0.4, -0.2) is 19.8 Å². The van der Waals surface area contributed by atoms with Crippen LogP contribution in [0.5, 0.6) is 0 Å². The van der Waals surface area contributed by atoms with Gasteiger partial charge in [-0.15, -0.1) is 0 Å². The minimum Gasteiger partial charge on any atom is -0.383 e. The van der Waals surface area contributed by atoms with E-state index >= 15 is 0 Å². The van der Waals surface area contributed by atoms with E-state index in [2.05, 4.69) is 44.1 Å². The van der Waals surface area contributed by atoms with Crippen molar-refractivity contribution >= 4 is 37.5 Å². The van der Waals surface area contributed by atoms with E-state index in [9.17, 15) is 0 Å². The minimum atomic E-state index is 0.354. The Bertz CT molecular complexity index is 317. The molecule has 2 nitrogen and oxygen atoms in total. The highest BCUT2D eigenvalue weighted by Gasteiger charge is 2.07. The fourth-order valence-electron chi connectivity index (χ4n) is 1.29. The molecule has 0 radical (unpaired) electrons. The first kappa shape index (κ1) is 13.0. The number of anilines is 1. The zero-order chi connectivity index (χ0) is 11.3. The van der Waals surface area contributed by atoms with Crippen LogP contribution in [0.25, 0.3) is 0 Å². The predicted octanol–water partition coefficient (Wildman–Crippen LogP) is 4.05. The Morgan fingerprint density at radius 1 is 1.40 bits per heavy atom. The van der Waals surface area contributed by atoms with Crippen molar-refractivity contribution < 1.29 is 4.74 Å². The van der Waals surface area contributed by atoms with E-state index in [0.29, 0.717) is 6.04 Å². The zero-order valence-corrected chi connectivity index (χ0v) is 12.1. The first-order chi connectivity index (χ1) is 7.17. The highest BCUT2D eigenvalue weighted by atomic mass is 79.9. The average Bonchev–Trinajstić information content (AvgIpc) is 2.21. The van der Waals surface area contributed by atoms with Crippen molar-refractivity contribution in [2.45, 2.75) is 19.4 Å². The Kier molecular flexibility index (Phi) is 5.64. The largest absolute Gasteiger partial charge is 0.383 e. The molecular weight excluding hydrogens is 322 g/mol. The van der Waals surface area contributed by atoms with Crippen molar-refractivity contribution in [2.24, 2.45) is 0 Å². The number of nitrogens with one attached hydrogen (secondary N) is 1. The molecule has 1 rings (SSSR count). The number of hydrogen-bond donors (Lipinski definition) is 1. The molecule has 0 amide bonds. The third kappa shape index (κ3) is 4.13. The van der Waals surface area contributed by atoms with Crippen molar-refractivity contribution in [3.63, 3.8) is 0 Å². The lowest BCUT2D eigenvalue weighted by atomic mass is 10.2. The topological polar surface area (TPSA) is 21.3 Å². The SMILES string of the molecule is CCC(COC)Nc1ccc(Br)cc1Br. The predicted molar refractivity (Wildman–Crippen MR) is 71.4 cm³/mol. The maximum absolute atomic E-state index is 5.14. The van der Waals surface area contributed by atoms with Gasteiger partial charge in [0.05, 0.1) is 6.61 Å². The van der Waals surface area contributed by atoms with Crippen LogP contribution in [0.1, 0.15) is 13.3 Å². The Morgan fingerprint density at radius 3 is 2.67 bits per heavy atom. The van der Waals surface area contributed by atoms with Crippen molar-refractivity contribution in [1.82, 2.24) is 0 Å². The van der Waals surface area contributed by atoms with E-state index in [1.807, 2.05) is 18.2 Å². The lowest BCUT2D eigenvalue weighted by molar-refractivity contribution is 0.184. The lowest BCUT2D eigenvalue weighted by Crippen LogP contribution is -2.24. The number of ether oxygens (including phenoxy) is 1. The van der Waals surface area contributed by atoms with Crippen LogP contribution in [0.3, 0.4) is 0 Å². The van der Waals surface area contributed by atoms with Crippen LogP contribution in [0.2, 0.25) is 0 Å². The van der Waals surface area contributed by atoms with E-state index < -0.39 is 0 Å². The third-order valence-corrected chi connectivity index (χ3v) is 3.30. The number of rotatable bonds is 5. The second kappa shape index (κ2) is 6.51. The first-order valence-electron chi connectivity index (χ1n) is 4.88. The van der Waals surface area contributed by atoms with Crippen molar-refractivity contribution in [3.8, 4) is 0 Å². The van der Waals surface area contributed by atoms with Gasteiger partial charge in [-0.3, -0.25) is 0 Å². The van der Waals surface area contributed by atoms with E-state index in [1.165, 1.54) is 0 Å². The van der Waals surface area contributed by atoms with E-state index in [4.69, 9.17) is 4.74 Å². The molecule has 1 N–H and O–H groups in total. The van der Waals surface area contributed by atoms with Gasteiger partial charge in [-0.1, -0.05) is 22.9 Å². The lowest BCUT2D eigenvalue weighted by Gasteiger charge is -2.18. The molecule has 1 aromatic rings. The first-order valence-corrected chi connectivity index (χ1v) is 6.46. The van der Waals surface area contributed by atoms with Crippen molar-refractivity contribution in [1.29, 1.82) is 0 Å². The summed E-state index contributed by atoms with van der Waals surface area (Å²) in [6.45, 7) is 2.86. The number of benzene rings is 1. The van der Waals surface area contributed by atoms with Gasteiger partial charge in [0.2, 0.25) is 0 Å². The van der Waals surface area contributed by atoms with Crippen LogP contribution in [0, 0.1) is 0 Å². The van der Waals surface area contributed by atoms with Crippen LogP contribution < -0.4 is 5.32 Å². The van der Waals surface area contributed by atoms with Gasteiger partial charge in [0.15, 0.2) is 0 Å². The standard InChI is InChI=1S/C11H15Br2NO/c1-3-9(7-15-2)14-11-5-4-8(12)6-10(11)13/h4-6,9,14H,3,7H2,1-2H3. The molecule has 1 atom stereocenters. The summed E-state index contributed by atoms with van der Waals surface area (Å²) in [5.74, 6) is 0. The van der Waals surface area contributed by atoms with Gasteiger partial charge in [-0.2, -0.15) is 0 Å². The summed E-state index contributed by atoms with van der Waals surface area (Å²) in [4.78, 5) is 0. The monoisotopic (exact) mass is 335 g/mol. The molecule has 0 fully saturated rings. The van der Waals surface area contributed by atoms with Crippen molar-refractivity contribution in [2.75, 3.05) is 19.0 Å². The molecule has 4 heteroatoms. The smallest absolute Gasteiger partial charge is 0.0663 e. The molecule has 84 valence electrons. The molecule has 0 spiro atoms. The van der Waals surface area contributed by atoms with Crippen LogP contribution >= 0.6 is 31.9 Å². The number of hydrogen-bond acceptors (Lipinski definition) is 2. The molecular formula is C11H15Br2NO. The molecule has 0 saturated heterocycles. The Hall–Kier alpha value is -0.0600. The van der Waals surface area contributed by atoms with Gasteiger partial charge in [0, 0.05) is 27.8 Å². The highest BCUT2D eigenvalue weighted by molar-refractivity contribution is 9.11. The quantitative estimate of drug-likeness (QED) is 0.875. The highest BCUT2D eigenvalue weighted by Crippen LogP contribution is 2.26. The molecule has 0 aliphatic carbocycles. The third-order valence-electron chi connectivity index (χ3n) is 2.15. The number of methoxy groups -OCH3 is 1. The summed E-state index contributed by atoms with van der Waals surface area (Å²) in [5.41, 5.74) is 1.10. The molecule has 15 heavy (non-hydrogen) atoms. The summed E-state index contributed by atoms with van der Waals surface area (Å²) < 4.78 is 7.27. The molecule has 1 unspecified atom stereocenters. The van der Waals surface area contributed by atoms with Crippen molar-refractivity contribution in [3.05, 3.63) is 27.1 Å². The molecule has 0 aromatic heterocycles. The molecule has 0 saturated carbocycles. The Balaban J connectivity index is 2.70. The van der Waals surface area contributed by atoms with Gasteiger partial charge in [0.25, 0.3) is 0 Å². The molecule has 0 aliphatic heterocycles. The van der Waals surface area contributed by atoms with Crippen LogP contribution in [-0.2, 0) is 4.74 Å². The zero-order valence-electron chi connectivity index (χ0n) is 8.89. The van der Waals surface area contributed by atoms with Gasteiger partial charge in [0.1, 0.15) is 0 Å². The van der Waals surface area contributed by atoms with Gasteiger partial charge in [-0.05, 0) is 40.5 Å². The Morgan fingerprint density at radius 2 is 2.13 bits per heavy atom. The maximum atomic E-state index is 5.14. The Labute approximate surface area is 108 Å². The van der Waals surface area contributed by atoms with Gasteiger partial charge >= 0.3 is 0 Å². The van der Waals surface area contributed by atoms with E-state index in [-0.39, 0.29) is 0 Å². The van der Waals surface area contributed by atoms with E-state index in [1.54, 1.807) is 7.11 Å². The van der Waals surface area contributed by atoms with Crippen LogP contribution in [0.15, 0.2) is 27.1 Å². The second-order valence-electron chi connectivity index (χ2n) is 3.33. The van der Waals surface area contributed by atoms with Gasteiger partial charge in [-0.25, -0.2) is 0 Å². The molecule has 0 bridgehead atoms. The second-order valence-corrected chi connectivity index (χ2v) is 5.10. The summed E-state index contributed by atoms with van der Waals surface area (Å²) >= 11 is 6.95. The van der Waals surface area contributed by atoms with Gasteiger partial charge < -0.3 is 10.1 Å². The summed E-state index contributed by atoms with van der Waals surface area (Å²) in [6, 6.07) is 6.45. The number of halogens is 2.